The van der Waals surface area contributed by atoms with Crippen molar-refractivity contribution in [2.45, 2.75) is 23.9 Å². The van der Waals surface area contributed by atoms with E-state index in [-0.39, 0.29) is 45.0 Å². The molecular formula is C31H26Cl2F3NO7S. The van der Waals surface area contributed by atoms with Crippen molar-refractivity contribution in [3.05, 3.63) is 119 Å². The first-order valence-electron chi connectivity index (χ1n) is 13.0. The van der Waals surface area contributed by atoms with Gasteiger partial charge in [0.25, 0.3) is 10.0 Å². The van der Waals surface area contributed by atoms with Crippen molar-refractivity contribution >= 4 is 56.6 Å². The number of carbonyl (C=O) groups excluding carboxylic acids is 3. The second kappa shape index (κ2) is 14.8. The van der Waals surface area contributed by atoms with Gasteiger partial charge in [0, 0.05) is 17.7 Å². The van der Waals surface area contributed by atoms with Crippen LogP contribution in [-0.2, 0) is 41.7 Å². The predicted octanol–water partition coefficient (Wildman–Crippen LogP) is 7.07. The Labute approximate surface area is 267 Å². The van der Waals surface area contributed by atoms with Crippen LogP contribution in [0.15, 0.2) is 96.9 Å². The van der Waals surface area contributed by atoms with Gasteiger partial charge in [-0.1, -0.05) is 66.7 Å². The minimum absolute atomic E-state index is 0.0207. The number of nitrogens with one attached hydrogen (secondary N) is 1. The Balaban J connectivity index is 1.97. The molecule has 0 aliphatic heterocycles. The van der Waals surface area contributed by atoms with Crippen LogP contribution in [0.3, 0.4) is 0 Å². The van der Waals surface area contributed by atoms with E-state index < -0.39 is 57.7 Å². The molecule has 1 N–H and O–H groups in total. The van der Waals surface area contributed by atoms with Crippen LogP contribution in [0.2, 0.25) is 10.0 Å². The summed E-state index contributed by atoms with van der Waals surface area (Å²) in [6, 6.07) is 12.7. The van der Waals surface area contributed by atoms with E-state index in [1.165, 1.54) is 54.6 Å². The van der Waals surface area contributed by atoms with Gasteiger partial charge in [-0.2, -0.15) is 13.2 Å². The number of Topliss-reactive ketones (excluding diaryl/α,β-unsaturated/α-hetero) is 1. The number of anilines is 1. The molecule has 0 saturated carbocycles. The zero-order valence-corrected chi connectivity index (χ0v) is 25.7. The zero-order chi connectivity index (χ0) is 33.4. The maximum atomic E-state index is 13.5. The summed E-state index contributed by atoms with van der Waals surface area (Å²) in [5.74, 6) is -3.21. The highest BCUT2D eigenvalue weighted by molar-refractivity contribution is 7.92. The molecule has 14 heteroatoms. The van der Waals surface area contributed by atoms with Crippen LogP contribution in [0.4, 0.5) is 18.9 Å². The Morgan fingerprint density at radius 3 is 1.98 bits per heavy atom. The quantitative estimate of drug-likeness (QED) is 0.0836. The summed E-state index contributed by atoms with van der Waals surface area (Å²) in [6.07, 6.45) is -3.83. The van der Waals surface area contributed by atoms with Crippen molar-refractivity contribution in [1.82, 2.24) is 0 Å². The largest absolute Gasteiger partial charge is 0.461 e. The van der Waals surface area contributed by atoms with Crippen molar-refractivity contribution in [2.75, 3.05) is 17.9 Å². The van der Waals surface area contributed by atoms with E-state index in [9.17, 15) is 36.0 Å². The molecule has 3 rings (SSSR count). The molecule has 0 bridgehead atoms. The summed E-state index contributed by atoms with van der Waals surface area (Å²) in [6.45, 7) is 6.16. The summed E-state index contributed by atoms with van der Waals surface area (Å²) in [5.41, 5.74) is -3.51. The number of alkyl halides is 3. The second-order valence-electron chi connectivity index (χ2n) is 9.59. The molecule has 0 aliphatic carbocycles. The van der Waals surface area contributed by atoms with E-state index in [2.05, 4.69) is 17.9 Å². The minimum Gasteiger partial charge on any atom is -0.461 e. The molecule has 0 radical (unpaired) electrons. The van der Waals surface area contributed by atoms with Gasteiger partial charge in [-0.15, -0.1) is 0 Å². The molecule has 238 valence electrons. The standard InChI is InChI=1S/C31H26Cl2F3NO7S/c1-3-14-43-28(39)30(29(40)44-15-4-2,18-20-6-5-7-22(16-20)31(34,35)36)19-27(38)21-8-10-23(11-9-21)37-45(41,42)24-12-13-25(32)26(33)17-24/h3-13,16-17,37H,1-2,14-15,18-19H2. The summed E-state index contributed by atoms with van der Waals surface area (Å²) >= 11 is 11.8. The van der Waals surface area contributed by atoms with Gasteiger partial charge in [-0.25, -0.2) is 8.42 Å². The van der Waals surface area contributed by atoms with Crippen LogP contribution in [0, 0.1) is 5.41 Å². The topological polar surface area (TPSA) is 116 Å². The Morgan fingerprint density at radius 2 is 1.44 bits per heavy atom. The molecule has 0 aliphatic rings. The highest BCUT2D eigenvalue weighted by Crippen LogP contribution is 2.36. The summed E-state index contributed by atoms with van der Waals surface area (Å²) < 4.78 is 78.5. The van der Waals surface area contributed by atoms with E-state index >= 15 is 0 Å². The van der Waals surface area contributed by atoms with Crippen LogP contribution in [0.25, 0.3) is 0 Å². The average molecular weight is 685 g/mol. The molecule has 0 fully saturated rings. The van der Waals surface area contributed by atoms with Crippen molar-refractivity contribution in [1.29, 1.82) is 0 Å². The van der Waals surface area contributed by atoms with Crippen LogP contribution in [0.5, 0.6) is 0 Å². The zero-order valence-electron chi connectivity index (χ0n) is 23.4. The molecule has 0 atom stereocenters. The summed E-state index contributed by atoms with van der Waals surface area (Å²) in [7, 11) is -4.10. The van der Waals surface area contributed by atoms with E-state index in [4.69, 9.17) is 32.7 Å². The summed E-state index contributed by atoms with van der Waals surface area (Å²) in [4.78, 5) is 40.2. The average Bonchev–Trinajstić information content (AvgIpc) is 2.99. The number of benzene rings is 3. The van der Waals surface area contributed by atoms with Crippen molar-refractivity contribution < 1.29 is 45.4 Å². The van der Waals surface area contributed by atoms with Gasteiger partial charge in [0.2, 0.25) is 0 Å². The molecule has 0 spiro atoms. The van der Waals surface area contributed by atoms with Crippen LogP contribution in [-0.4, -0.2) is 39.4 Å². The Morgan fingerprint density at radius 1 is 0.844 bits per heavy atom. The van der Waals surface area contributed by atoms with Gasteiger partial charge in [-0.05, 0) is 60.5 Å². The van der Waals surface area contributed by atoms with Crippen molar-refractivity contribution in [2.24, 2.45) is 5.41 Å². The third-order valence-electron chi connectivity index (χ3n) is 6.33. The predicted molar refractivity (Wildman–Crippen MR) is 163 cm³/mol. The van der Waals surface area contributed by atoms with Gasteiger partial charge in [0.15, 0.2) is 11.2 Å². The first kappa shape index (κ1) is 35.4. The lowest BCUT2D eigenvalue weighted by Crippen LogP contribution is -2.45. The fourth-order valence-electron chi connectivity index (χ4n) is 4.14. The van der Waals surface area contributed by atoms with Gasteiger partial charge in [0.05, 0.1) is 20.5 Å². The number of hydrogen-bond acceptors (Lipinski definition) is 7. The Kier molecular flexibility index (Phi) is 11.6. The number of carbonyl (C=O) groups is 3. The fraction of sp³-hybridized carbons (Fsp3) is 0.194. The van der Waals surface area contributed by atoms with Crippen LogP contribution >= 0.6 is 23.2 Å². The van der Waals surface area contributed by atoms with Crippen LogP contribution in [0.1, 0.15) is 27.9 Å². The van der Waals surface area contributed by atoms with Crippen LogP contribution < -0.4 is 4.72 Å². The molecule has 3 aromatic rings. The first-order chi connectivity index (χ1) is 21.1. The number of rotatable bonds is 14. The minimum atomic E-state index is -4.72. The fourth-order valence-corrected chi connectivity index (χ4v) is 5.59. The maximum absolute atomic E-state index is 13.5. The number of sulfonamides is 1. The van der Waals surface area contributed by atoms with Gasteiger partial charge in [0.1, 0.15) is 13.2 Å². The Bertz CT molecular complexity index is 1680. The van der Waals surface area contributed by atoms with Crippen molar-refractivity contribution in [3.8, 4) is 0 Å². The van der Waals surface area contributed by atoms with E-state index in [0.29, 0.717) is 0 Å². The molecule has 8 nitrogen and oxygen atoms in total. The van der Waals surface area contributed by atoms with E-state index in [1.807, 2.05) is 0 Å². The number of ketones is 1. The number of hydrogen-bond donors (Lipinski definition) is 1. The SMILES string of the molecule is C=CCOC(=O)C(CC(=O)c1ccc(NS(=O)(=O)c2ccc(Cl)c(Cl)c2)cc1)(Cc1cccc(C(F)(F)F)c1)C(=O)OCC=C. The molecule has 0 unspecified atom stereocenters. The maximum Gasteiger partial charge on any atom is 0.416 e. The third-order valence-corrected chi connectivity index (χ3v) is 8.45. The lowest BCUT2D eigenvalue weighted by molar-refractivity contribution is -0.171. The first-order valence-corrected chi connectivity index (χ1v) is 15.2. The summed E-state index contributed by atoms with van der Waals surface area (Å²) in [5, 5.41) is 0.177. The monoisotopic (exact) mass is 683 g/mol. The molecule has 0 heterocycles. The van der Waals surface area contributed by atoms with Gasteiger partial charge < -0.3 is 9.47 Å². The molecule has 0 amide bonds. The molecule has 0 aromatic heterocycles. The number of ether oxygens (including phenoxy) is 2. The molecule has 0 saturated heterocycles. The molecule has 3 aromatic carbocycles. The highest BCUT2D eigenvalue weighted by Gasteiger charge is 2.51. The second-order valence-corrected chi connectivity index (χ2v) is 12.1. The number of esters is 2. The van der Waals surface area contributed by atoms with Gasteiger partial charge in [-0.3, -0.25) is 19.1 Å². The molecule has 45 heavy (non-hydrogen) atoms. The van der Waals surface area contributed by atoms with Gasteiger partial charge >= 0.3 is 18.1 Å². The van der Waals surface area contributed by atoms with E-state index in [0.717, 1.165) is 24.3 Å². The van der Waals surface area contributed by atoms with Crippen molar-refractivity contribution in [3.63, 3.8) is 0 Å². The normalized spacial score (nSPS) is 11.8. The Hall–Kier alpha value is -4.13. The smallest absolute Gasteiger partial charge is 0.416 e. The highest BCUT2D eigenvalue weighted by atomic mass is 35.5. The molecular weight excluding hydrogens is 658 g/mol. The van der Waals surface area contributed by atoms with E-state index in [1.54, 1.807) is 0 Å². The lowest BCUT2D eigenvalue weighted by Gasteiger charge is -2.29. The number of halogens is 5. The lowest BCUT2D eigenvalue weighted by atomic mass is 9.76. The third kappa shape index (κ3) is 8.96.